The Balaban J connectivity index is 3.14. The summed E-state index contributed by atoms with van der Waals surface area (Å²) in [6.45, 7) is 7.12. The Morgan fingerprint density at radius 3 is 2.65 bits per heavy atom. The zero-order chi connectivity index (χ0) is 13.0. The lowest BCUT2D eigenvalue weighted by atomic mass is 9.97. The number of aryl methyl sites for hydroxylation is 1. The van der Waals surface area contributed by atoms with Gasteiger partial charge in [0, 0.05) is 0 Å². The molecule has 1 aromatic rings. The highest BCUT2D eigenvalue weighted by atomic mass is 16.3. The summed E-state index contributed by atoms with van der Waals surface area (Å²) in [6.07, 6.45) is 2.12. The van der Waals surface area contributed by atoms with Crippen LogP contribution in [0.4, 0.5) is 0 Å². The van der Waals surface area contributed by atoms with E-state index in [0.717, 1.165) is 0 Å². The van der Waals surface area contributed by atoms with Gasteiger partial charge in [0.2, 0.25) is 0 Å². The fraction of sp³-hybridized carbons (Fsp3) is 0.214. The van der Waals surface area contributed by atoms with Crippen LogP contribution in [-0.2, 0) is 0 Å². The van der Waals surface area contributed by atoms with Crippen LogP contribution in [0.25, 0.3) is 0 Å². The van der Waals surface area contributed by atoms with Crippen molar-refractivity contribution in [3.05, 3.63) is 53.3 Å². The molecule has 0 saturated heterocycles. The summed E-state index contributed by atoms with van der Waals surface area (Å²) < 4.78 is 0. The Morgan fingerprint density at radius 1 is 1.47 bits per heavy atom. The second-order valence-electron chi connectivity index (χ2n) is 3.77. The molecule has 3 nitrogen and oxygen atoms in total. The number of benzene rings is 1. The number of carbonyl (C=O) groups excluding carboxylic acids is 1. The molecular weight excluding hydrogens is 216 g/mol. The smallest absolute Gasteiger partial charge is 0.200 e. The van der Waals surface area contributed by atoms with Crippen LogP contribution >= 0.6 is 0 Å². The molecule has 0 aromatic heterocycles. The molecule has 0 spiro atoms. The highest BCUT2D eigenvalue weighted by Gasteiger charge is 2.18. The minimum absolute atomic E-state index is 0.00329. The van der Waals surface area contributed by atoms with Crippen molar-refractivity contribution in [2.75, 3.05) is 0 Å². The molecule has 0 unspecified atom stereocenters. The second-order valence-corrected chi connectivity index (χ2v) is 3.77. The van der Waals surface area contributed by atoms with Gasteiger partial charge >= 0.3 is 0 Å². The van der Waals surface area contributed by atoms with E-state index < -0.39 is 5.78 Å². The minimum Gasteiger partial charge on any atom is -0.508 e. The van der Waals surface area contributed by atoms with Gasteiger partial charge in [-0.1, -0.05) is 25.6 Å². The van der Waals surface area contributed by atoms with E-state index in [1.54, 1.807) is 19.1 Å². The van der Waals surface area contributed by atoms with Gasteiger partial charge in [0.1, 0.15) is 11.5 Å². The van der Waals surface area contributed by atoms with Crippen LogP contribution in [0.2, 0.25) is 0 Å². The lowest BCUT2D eigenvalue weighted by molar-refractivity contribution is 0.102. The summed E-state index contributed by atoms with van der Waals surface area (Å²) >= 11 is 0. The van der Waals surface area contributed by atoms with E-state index >= 15 is 0 Å². The molecule has 2 N–H and O–H groups in total. The van der Waals surface area contributed by atoms with Crippen LogP contribution in [-0.4, -0.2) is 16.0 Å². The summed E-state index contributed by atoms with van der Waals surface area (Å²) in [5.74, 6) is -0.691. The third-order valence-electron chi connectivity index (χ3n) is 2.46. The van der Waals surface area contributed by atoms with Gasteiger partial charge in [-0.2, -0.15) is 0 Å². The van der Waals surface area contributed by atoms with E-state index in [1.165, 1.54) is 12.1 Å². The minimum atomic E-state index is -0.456. The summed E-state index contributed by atoms with van der Waals surface area (Å²) in [5.41, 5.74) is 0.838. The van der Waals surface area contributed by atoms with Gasteiger partial charge in [-0.3, -0.25) is 4.79 Å². The average molecular weight is 232 g/mol. The quantitative estimate of drug-likeness (QED) is 0.362. The Bertz CT molecular complexity index is 464. The molecule has 0 aliphatic heterocycles. The maximum atomic E-state index is 12.0. The highest BCUT2D eigenvalue weighted by molar-refractivity contribution is 6.13. The van der Waals surface area contributed by atoms with Crippen molar-refractivity contribution in [1.82, 2.24) is 0 Å². The number of phenolic OH excluding ortho intramolecular Hbond substituents is 1. The fourth-order valence-electron chi connectivity index (χ4n) is 1.53. The first-order valence-electron chi connectivity index (χ1n) is 5.40. The third kappa shape index (κ3) is 2.75. The highest BCUT2D eigenvalue weighted by Crippen LogP contribution is 2.24. The number of aromatic hydroxyl groups is 1. The van der Waals surface area contributed by atoms with E-state index in [4.69, 9.17) is 0 Å². The number of rotatable bonds is 4. The van der Waals surface area contributed by atoms with E-state index in [-0.39, 0.29) is 22.6 Å². The first-order valence-corrected chi connectivity index (χ1v) is 5.40. The Hall–Kier alpha value is -2.03. The van der Waals surface area contributed by atoms with Gasteiger partial charge in [0.15, 0.2) is 5.78 Å². The number of hydrogen-bond donors (Lipinski definition) is 2. The number of aliphatic hydroxyl groups is 1. The lowest BCUT2D eigenvalue weighted by Crippen LogP contribution is -2.07. The SMILES string of the molecule is C=C(C(=O)c1c(C)cccc1O)/C(O)=C\CC. The Labute approximate surface area is 101 Å². The molecule has 0 heterocycles. The summed E-state index contributed by atoms with van der Waals surface area (Å²) in [5, 5.41) is 19.2. The van der Waals surface area contributed by atoms with Crippen molar-refractivity contribution >= 4 is 5.78 Å². The largest absolute Gasteiger partial charge is 0.508 e. The van der Waals surface area contributed by atoms with Crippen molar-refractivity contribution in [1.29, 1.82) is 0 Å². The molecule has 3 heteroatoms. The normalized spacial score (nSPS) is 11.3. The molecule has 0 aliphatic carbocycles. The van der Waals surface area contributed by atoms with E-state index in [9.17, 15) is 15.0 Å². The van der Waals surface area contributed by atoms with Crippen molar-refractivity contribution in [2.24, 2.45) is 0 Å². The van der Waals surface area contributed by atoms with E-state index in [0.29, 0.717) is 12.0 Å². The van der Waals surface area contributed by atoms with E-state index in [1.807, 2.05) is 6.92 Å². The van der Waals surface area contributed by atoms with Gasteiger partial charge < -0.3 is 10.2 Å². The number of ketones is 1. The van der Waals surface area contributed by atoms with Crippen LogP contribution < -0.4 is 0 Å². The maximum Gasteiger partial charge on any atom is 0.200 e. The van der Waals surface area contributed by atoms with Crippen molar-refractivity contribution in [2.45, 2.75) is 20.3 Å². The summed E-state index contributed by atoms with van der Waals surface area (Å²) in [6, 6.07) is 4.82. The number of carbonyl (C=O) groups is 1. The molecule has 1 aromatic carbocycles. The van der Waals surface area contributed by atoms with Crippen molar-refractivity contribution in [3.63, 3.8) is 0 Å². The van der Waals surface area contributed by atoms with Crippen LogP contribution in [0, 0.1) is 6.92 Å². The molecule has 1 rings (SSSR count). The number of Topliss-reactive ketones (excluding diaryl/α,β-unsaturated/α-hetero) is 1. The zero-order valence-corrected chi connectivity index (χ0v) is 10.0. The molecule has 0 saturated carbocycles. The van der Waals surface area contributed by atoms with Crippen molar-refractivity contribution in [3.8, 4) is 5.75 Å². The third-order valence-corrected chi connectivity index (χ3v) is 2.46. The topological polar surface area (TPSA) is 57.5 Å². The van der Waals surface area contributed by atoms with E-state index in [2.05, 4.69) is 6.58 Å². The summed E-state index contributed by atoms with van der Waals surface area (Å²) in [4.78, 5) is 12.0. The standard InChI is InChI=1S/C14H16O3/c1-4-6-11(15)10(3)14(17)13-9(2)7-5-8-12(13)16/h5-8,15-16H,3-4H2,1-2H3/b11-6+. The number of allylic oxidation sites excluding steroid dienone is 2. The maximum absolute atomic E-state index is 12.0. The number of phenols is 1. The van der Waals surface area contributed by atoms with Crippen molar-refractivity contribution < 1.29 is 15.0 Å². The summed E-state index contributed by atoms with van der Waals surface area (Å²) in [7, 11) is 0. The molecule has 0 radical (unpaired) electrons. The van der Waals surface area contributed by atoms with Gasteiger partial charge in [0.05, 0.1) is 11.1 Å². The van der Waals surface area contributed by atoms with Crippen LogP contribution in [0.15, 0.2) is 42.2 Å². The first-order chi connectivity index (χ1) is 7.99. The molecule has 17 heavy (non-hydrogen) atoms. The Morgan fingerprint density at radius 2 is 2.12 bits per heavy atom. The Kier molecular flexibility index (Phi) is 4.10. The van der Waals surface area contributed by atoms with Gasteiger partial charge in [-0.05, 0) is 31.1 Å². The van der Waals surface area contributed by atoms with Crippen LogP contribution in [0.3, 0.4) is 0 Å². The molecule has 0 atom stereocenters. The predicted molar refractivity (Wildman–Crippen MR) is 67.3 cm³/mol. The molecule has 0 fully saturated rings. The first kappa shape index (κ1) is 13.0. The second kappa shape index (κ2) is 5.34. The monoisotopic (exact) mass is 232 g/mol. The van der Waals surface area contributed by atoms with Gasteiger partial charge in [0.25, 0.3) is 0 Å². The zero-order valence-electron chi connectivity index (χ0n) is 10.0. The van der Waals surface area contributed by atoms with Gasteiger partial charge in [-0.15, -0.1) is 0 Å². The van der Waals surface area contributed by atoms with Crippen LogP contribution in [0.1, 0.15) is 29.3 Å². The fourth-order valence-corrected chi connectivity index (χ4v) is 1.53. The number of hydrogen-bond acceptors (Lipinski definition) is 3. The number of aliphatic hydroxyl groups excluding tert-OH is 1. The lowest BCUT2D eigenvalue weighted by Gasteiger charge is -2.08. The average Bonchev–Trinajstić information content (AvgIpc) is 2.27. The van der Waals surface area contributed by atoms with Crippen LogP contribution in [0.5, 0.6) is 5.75 Å². The molecule has 0 aliphatic rings. The molecule has 90 valence electrons. The predicted octanol–water partition coefficient (Wildman–Crippen LogP) is 3.29. The molecular formula is C14H16O3. The molecule has 0 bridgehead atoms. The van der Waals surface area contributed by atoms with Gasteiger partial charge in [-0.25, -0.2) is 0 Å². The molecule has 0 amide bonds.